The number of cyclic esters (lactones) is 1. The Bertz CT molecular complexity index is 331. The lowest BCUT2D eigenvalue weighted by Crippen LogP contribution is -2.16. The van der Waals surface area contributed by atoms with Gasteiger partial charge in [-0.3, -0.25) is 4.79 Å². The van der Waals surface area contributed by atoms with Gasteiger partial charge in [0.1, 0.15) is 6.10 Å². The Morgan fingerprint density at radius 1 is 1.00 bits per heavy atom. The third kappa shape index (κ3) is 10.6. The van der Waals surface area contributed by atoms with Crippen LogP contribution < -0.4 is 0 Å². The molecule has 0 aliphatic carbocycles. The molecule has 0 saturated heterocycles. The molecule has 126 valence electrons. The minimum absolute atomic E-state index is 0.0257. The van der Waals surface area contributed by atoms with E-state index in [4.69, 9.17) is 4.74 Å². The number of rotatable bonds is 4. The Kier molecular flexibility index (Phi) is 11.7. The van der Waals surface area contributed by atoms with Crippen LogP contribution in [-0.2, 0) is 9.53 Å². The fourth-order valence-electron chi connectivity index (χ4n) is 2.80. The Morgan fingerprint density at radius 2 is 1.73 bits per heavy atom. The third-order valence-corrected chi connectivity index (χ3v) is 4.20. The van der Waals surface area contributed by atoms with Crippen molar-refractivity contribution in [3.63, 3.8) is 0 Å². The highest BCUT2D eigenvalue weighted by molar-refractivity contribution is 5.69. The molecule has 1 aliphatic heterocycles. The summed E-state index contributed by atoms with van der Waals surface area (Å²) in [6.07, 6.45) is 23.2. The van der Waals surface area contributed by atoms with Crippen LogP contribution in [0.2, 0.25) is 0 Å². The summed E-state index contributed by atoms with van der Waals surface area (Å²) in [5, 5.41) is 0. The fourth-order valence-corrected chi connectivity index (χ4v) is 2.80. The highest BCUT2D eigenvalue weighted by Crippen LogP contribution is 2.13. The summed E-state index contributed by atoms with van der Waals surface area (Å²) < 4.78 is 5.64. The minimum atomic E-state index is -0.0448. The first kappa shape index (κ1) is 19.0. The maximum atomic E-state index is 11.9. The molecule has 1 rings (SSSR count). The lowest BCUT2D eigenvalue weighted by atomic mass is 10.1. The molecule has 0 bridgehead atoms. The molecule has 2 nitrogen and oxygen atoms in total. The summed E-state index contributed by atoms with van der Waals surface area (Å²) in [4.78, 5) is 11.9. The van der Waals surface area contributed by atoms with E-state index in [1.54, 1.807) is 0 Å². The van der Waals surface area contributed by atoms with E-state index in [-0.39, 0.29) is 12.1 Å². The van der Waals surface area contributed by atoms with Crippen LogP contribution in [0, 0.1) is 0 Å². The maximum absolute atomic E-state index is 11.9. The number of carbonyl (C=O) groups is 1. The fraction of sp³-hybridized carbons (Fsp3) is 0.750. The molecule has 0 aromatic carbocycles. The Morgan fingerprint density at radius 3 is 2.50 bits per heavy atom. The van der Waals surface area contributed by atoms with Crippen molar-refractivity contribution in [3.8, 4) is 0 Å². The van der Waals surface area contributed by atoms with Crippen LogP contribution in [0.25, 0.3) is 0 Å². The standard InChI is InChI=1S/C20H34O2/c1-2-3-13-16-19-17-14-11-9-7-5-4-6-8-10-12-15-18-20(21)22-19/h9,11,14,17,19H,2-8,10,12-13,15-16,18H2,1H3/b11-9-,17-14?. The van der Waals surface area contributed by atoms with Gasteiger partial charge < -0.3 is 4.74 Å². The zero-order chi connectivity index (χ0) is 15.9. The van der Waals surface area contributed by atoms with Crippen LogP contribution >= 0.6 is 0 Å². The first-order chi connectivity index (χ1) is 10.8. The van der Waals surface area contributed by atoms with Crippen molar-refractivity contribution in [2.24, 2.45) is 0 Å². The summed E-state index contributed by atoms with van der Waals surface area (Å²) in [6.45, 7) is 2.20. The molecular weight excluding hydrogens is 272 g/mol. The van der Waals surface area contributed by atoms with Gasteiger partial charge in [-0.05, 0) is 38.2 Å². The van der Waals surface area contributed by atoms with Crippen molar-refractivity contribution < 1.29 is 9.53 Å². The Labute approximate surface area is 137 Å². The van der Waals surface area contributed by atoms with Crippen LogP contribution in [0.1, 0.15) is 90.4 Å². The molecule has 0 saturated carbocycles. The van der Waals surface area contributed by atoms with Gasteiger partial charge in [-0.2, -0.15) is 0 Å². The van der Waals surface area contributed by atoms with Crippen LogP contribution in [0.4, 0.5) is 0 Å². The number of unbranched alkanes of at least 4 members (excludes halogenated alkanes) is 2. The number of esters is 1. The Hall–Kier alpha value is -1.05. The second-order valence-electron chi connectivity index (χ2n) is 6.35. The number of allylic oxidation sites excluding steroid dienone is 3. The molecule has 22 heavy (non-hydrogen) atoms. The molecular formula is C20H34O2. The van der Waals surface area contributed by atoms with Crippen LogP contribution in [0.5, 0.6) is 0 Å². The minimum Gasteiger partial charge on any atom is -0.458 e. The maximum Gasteiger partial charge on any atom is 0.306 e. The van der Waals surface area contributed by atoms with E-state index < -0.39 is 0 Å². The molecule has 0 radical (unpaired) electrons. The van der Waals surface area contributed by atoms with Gasteiger partial charge in [0.2, 0.25) is 0 Å². The number of hydrogen-bond acceptors (Lipinski definition) is 2. The van der Waals surface area contributed by atoms with Gasteiger partial charge in [0.25, 0.3) is 0 Å². The van der Waals surface area contributed by atoms with E-state index in [2.05, 4.69) is 31.2 Å². The van der Waals surface area contributed by atoms with Crippen molar-refractivity contribution in [1.82, 2.24) is 0 Å². The topological polar surface area (TPSA) is 26.3 Å². The zero-order valence-electron chi connectivity index (χ0n) is 14.4. The van der Waals surface area contributed by atoms with Crippen molar-refractivity contribution in [2.75, 3.05) is 0 Å². The van der Waals surface area contributed by atoms with Gasteiger partial charge in [0.15, 0.2) is 0 Å². The molecule has 0 fully saturated rings. The first-order valence-corrected chi connectivity index (χ1v) is 9.35. The summed E-state index contributed by atoms with van der Waals surface area (Å²) in [7, 11) is 0. The Balaban J connectivity index is 2.49. The largest absolute Gasteiger partial charge is 0.458 e. The average molecular weight is 306 g/mol. The monoisotopic (exact) mass is 306 g/mol. The number of hydrogen-bond donors (Lipinski definition) is 0. The van der Waals surface area contributed by atoms with Crippen LogP contribution in [0.15, 0.2) is 24.3 Å². The van der Waals surface area contributed by atoms with Gasteiger partial charge in [-0.15, -0.1) is 0 Å². The molecule has 0 aromatic heterocycles. The molecule has 0 amide bonds. The smallest absolute Gasteiger partial charge is 0.306 e. The number of carbonyl (C=O) groups excluding carboxylic acids is 1. The molecule has 0 spiro atoms. The van der Waals surface area contributed by atoms with Crippen molar-refractivity contribution in [3.05, 3.63) is 24.3 Å². The van der Waals surface area contributed by atoms with Crippen molar-refractivity contribution in [1.29, 1.82) is 0 Å². The van der Waals surface area contributed by atoms with Crippen molar-refractivity contribution >= 4 is 5.97 Å². The van der Waals surface area contributed by atoms with Crippen molar-refractivity contribution in [2.45, 2.75) is 96.5 Å². The quantitative estimate of drug-likeness (QED) is 0.462. The van der Waals surface area contributed by atoms with Gasteiger partial charge in [0, 0.05) is 6.42 Å². The van der Waals surface area contributed by atoms with E-state index in [0.29, 0.717) is 6.42 Å². The average Bonchev–Trinajstić information content (AvgIpc) is 2.50. The van der Waals surface area contributed by atoms with Gasteiger partial charge in [-0.1, -0.05) is 70.1 Å². The molecule has 1 heterocycles. The molecule has 2 heteroatoms. The van der Waals surface area contributed by atoms with E-state index in [0.717, 1.165) is 32.1 Å². The first-order valence-electron chi connectivity index (χ1n) is 9.35. The summed E-state index contributed by atoms with van der Waals surface area (Å²) in [6, 6.07) is 0. The second-order valence-corrected chi connectivity index (χ2v) is 6.35. The molecule has 0 N–H and O–H groups in total. The SMILES string of the molecule is CCCCCC1C=C/C=C\CCCCCCCCCC(=O)O1. The highest BCUT2D eigenvalue weighted by Gasteiger charge is 2.11. The molecule has 0 aromatic rings. The normalized spacial score (nSPS) is 23.9. The lowest BCUT2D eigenvalue weighted by molar-refractivity contribution is -0.147. The van der Waals surface area contributed by atoms with E-state index in [1.807, 2.05) is 0 Å². The number of ether oxygens (including phenoxy) is 1. The summed E-state index contributed by atoms with van der Waals surface area (Å²) in [5.41, 5.74) is 0. The van der Waals surface area contributed by atoms with Gasteiger partial charge in [0.05, 0.1) is 0 Å². The second kappa shape index (κ2) is 13.6. The summed E-state index contributed by atoms with van der Waals surface area (Å²) >= 11 is 0. The summed E-state index contributed by atoms with van der Waals surface area (Å²) in [5.74, 6) is -0.0257. The predicted molar refractivity (Wildman–Crippen MR) is 93.9 cm³/mol. The van der Waals surface area contributed by atoms with Crippen LogP contribution in [-0.4, -0.2) is 12.1 Å². The molecule has 1 unspecified atom stereocenters. The molecule has 1 aliphatic rings. The third-order valence-electron chi connectivity index (χ3n) is 4.20. The van der Waals surface area contributed by atoms with Gasteiger partial charge in [-0.25, -0.2) is 0 Å². The van der Waals surface area contributed by atoms with Crippen LogP contribution in [0.3, 0.4) is 0 Å². The van der Waals surface area contributed by atoms with E-state index in [9.17, 15) is 4.79 Å². The van der Waals surface area contributed by atoms with Gasteiger partial charge >= 0.3 is 5.97 Å². The molecule has 1 atom stereocenters. The highest BCUT2D eigenvalue weighted by atomic mass is 16.5. The van der Waals surface area contributed by atoms with E-state index >= 15 is 0 Å². The zero-order valence-corrected chi connectivity index (χ0v) is 14.4. The lowest BCUT2D eigenvalue weighted by Gasteiger charge is -2.14. The predicted octanol–water partition coefficient (Wildman–Crippen LogP) is 6.12. The van der Waals surface area contributed by atoms with E-state index in [1.165, 1.54) is 44.9 Å².